The van der Waals surface area contributed by atoms with Crippen LogP contribution in [0.2, 0.25) is 0 Å². The third-order valence-corrected chi connectivity index (χ3v) is 5.26. The van der Waals surface area contributed by atoms with Crippen molar-refractivity contribution in [1.29, 1.82) is 0 Å². The average Bonchev–Trinajstić information content (AvgIpc) is 2.84. The van der Waals surface area contributed by atoms with Crippen molar-refractivity contribution in [2.24, 2.45) is 0 Å². The highest BCUT2D eigenvalue weighted by Gasteiger charge is 2.30. The number of fused-ring (bicyclic) bond motifs is 1. The first-order chi connectivity index (χ1) is 12.3. The molecule has 0 spiro atoms. The first-order valence-electron chi connectivity index (χ1n) is 7.97. The molecule has 2 aromatic rings. The molecule has 0 saturated heterocycles. The van der Waals surface area contributed by atoms with Crippen LogP contribution in [-0.2, 0) is 14.6 Å². The number of benzene rings is 2. The topological polar surface area (TPSA) is 83.6 Å². The summed E-state index contributed by atoms with van der Waals surface area (Å²) in [7, 11) is -3.35. The van der Waals surface area contributed by atoms with Gasteiger partial charge in [0.2, 0.25) is 5.91 Å². The predicted molar refractivity (Wildman–Crippen MR) is 99.3 cm³/mol. The first-order valence-corrected chi connectivity index (χ1v) is 9.86. The molecule has 2 aromatic carbocycles. The zero-order valence-electron chi connectivity index (χ0n) is 14.2. The molecule has 0 unspecified atom stereocenters. The minimum Gasteiger partial charge on any atom is -0.326 e. The molecule has 0 aliphatic carbocycles. The molecule has 26 heavy (non-hydrogen) atoms. The zero-order valence-corrected chi connectivity index (χ0v) is 15.0. The Bertz CT molecular complexity index is 977. The number of carbonyl (C=O) groups excluding carboxylic acids is 2. The summed E-state index contributed by atoms with van der Waals surface area (Å²) in [5.74, 6) is -0.482. The molecular formula is C19H18N2O4S. The van der Waals surface area contributed by atoms with E-state index >= 15 is 0 Å². The molecule has 7 heteroatoms. The highest BCUT2D eigenvalue weighted by molar-refractivity contribution is 7.90. The summed E-state index contributed by atoms with van der Waals surface area (Å²) >= 11 is 0. The fourth-order valence-electron chi connectivity index (χ4n) is 2.81. The van der Waals surface area contributed by atoms with Crippen LogP contribution in [-0.4, -0.2) is 37.9 Å². The summed E-state index contributed by atoms with van der Waals surface area (Å²) in [6.45, 7) is 4.13. The second kappa shape index (κ2) is 6.76. The van der Waals surface area contributed by atoms with Crippen LogP contribution in [0.5, 0.6) is 0 Å². The first kappa shape index (κ1) is 17.9. The molecule has 134 valence electrons. The van der Waals surface area contributed by atoms with E-state index in [0.717, 1.165) is 11.8 Å². The molecule has 0 aromatic heterocycles. The number of anilines is 1. The third-order valence-electron chi connectivity index (χ3n) is 4.15. The van der Waals surface area contributed by atoms with Gasteiger partial charge < -0.3 is 10.2 Å². The highest BCUT2D eigenvalue weighted by atomic mass is 32.2. The number of nitrogens with zero attached hydrogens (tertiary/aromatic N) is 1. The number of amides is 2. The van der Waals surface area contributed by atoms with Crippen molar-refractivity contribution in [1.82, 2.24) is 4.90 Å². The summed E-state index contributed by atoms with van der Waals surface area (Å²) in [5.41, 5.74) is 2.34. The maximum atomic E-state index is 12.4. The quantitative estimate of drug-likeness (QED) is 0.877. The lowest BCUT2D eigenvalue weighted by Crippen LogP contribution is -2.27. The van der Waals surface area contributed by atoms with Crippen LogP contribution in [0.15, 0.2) is 60.0 Å². The van der Waals surface area contributed by atoms with E-state index in [9.17, 15) is 18.0 Å². The summed E-state index contributed by atoms with van der Waals surface area (Å²) in [6, 6.07) is 13.2. The molecule has 1 aliphatic rings. The van der Waals surface area contributed by atoms with E-state index < -0.39 is 9.84 Å². The number of hydrogen-bond donors (Lipinski definition) is 1. The minimum atomic E-state index is -3.35. The summed E-state index contributed by atoms with van der Waals surface area (Å²) in [4.78, 5) is 26.2. The van der Waals surface area contributed by atoms with Crippen LogP contribution in [0.1, 0.15) is 22.3 Å². The second-order valence-corrected chi connectivity index (χ2v) is 8.06. The third kappa shape index (κ3) is 3.52. The van der Waals surface area contributed by atoms with E-state index in [2.05, 4.69) is 11.9 Å². The largest absolute Gasteiger partial charge is 0.326 e. The van der Waals surface area contributed by atoms with Gasteiger partial charge in [-0.15, -0.1) is 0 Å². The molecule has 1 heterocycles. The normalized spacial score (nSPS) is 13.7. The van der Waals surface area contributed by atoms with Gasteiger partial charge in [-0.05, 0) is 24.3 Å². The molecule has 0 atom stereocenters. The van der Waals surface area contributed by atoms with Gasteiger partial charge in [0.25, 0.3) is 5.91 Å². The summed E-state index contributed by atoms with van der Waals surface area (Å²) in [5, 5.41) is 2.66. The molecule has 1 aliphatic heterocycles. The minimum absolute atomic E-state index is 0.0713. The summed E-state index contributed by atoms with van der Waals surface area (Å²) < 4.78 is 23.2. The van der Waals surface area contributed by atoms with Gasteiger partial charge in [-0.25, -0.2) is 8.42 Å². The summed E-state index contributed by atoms with van der Waals surface area (Å²) in [6.07, 6.45) is 1.18. The predicted octanol–water partition coefficient (Wildman–Crippen LogP) is 2.55. The Morgan fingerprint density at radius 2 is 1.81 bits per heavy atom. The van der Waals surface area contributed by atoms with Crippen LogP contribution in [0.4, 0.5) is 5.69 Å². The van der Waals surface area contributed by atoms with Crippen LogP contribution in [0.25, 0.3) is 5.70 Å². The van der Waals surface area contributed by atoms with Gasteiger partial charge in [0.05, 0.1) is 4.90 Å². The van der Waals surface area contributed by atoms with Crippen molar-refractivity contribution >= 4 is 33.0 Å². The molecule has 0 radical (unpaired) electrons. The van der Waals surface area contributed by atoms with Crippen molar-refractivity contribution < 1.29 is 18.0 Å². The number of carbonyl (C=O) groups is 2. The van der Waals surface area contributed by atoms with Crippen LogP contribution in [0, 0.1) is 0 Å². The van der Waals surface area contributed by atoms with Gasteiger partial charge >= 0.3 is 0 Å². The average molecular weight is 370 g/mol. The zero-order chi connectivity index (χ0) is 18.9. The number of rotatable bonds is 5. The maximum absolute atomic E-state index is 12.4. The molecule has 2 amide bonds. The SMILES string of the molecule is C=C1c2ccccc2C(=O)N1CCC(=O)Nc1cccc(S(C)(=O)=O)c1. The Kier molecular flexibility index (Phi) is 4.65. The van der Waals surface area contributed by atoms with Crippen molar-refractivity contribution in [3.63, 3.8) is 0 Å². The fourth-order valence-corrected chi connectivity index (χ4v) is 3.48. The van der Waals surface area contributed by atoms with Crippen LogP contribution in [0.3, 0.4) is 0 Å². The van der Waals surface area contributed by atoms with Gasteiger partial charge in [-0.1, -0.05) is 30.8 Å². The van der Waals surface area contributed by atoms with Crippen molar-refractivity contribution in [2.45, 2.75) is 11.3 Å². The highest BCUT2D eigenvalue weighted by Crippen LogP contribution is 2.31. The molecule has 0 saturated carbocycles. The standard InChI is InChI=1S/C19H18N2O4S/c1-13-16-8-3-4-9-17(16)19(23)21(13)11-10-18(22)20-14-6-5-7-15(12-14)26(2,24)25/h3-9,12H,1,10-11H2,2H3,(H,20,22). The number of sulfone groups is 1. The van der Waals surface area contributed by atoms with E-state index in [1.807, 2.05) is 12.1 Å². The second-order valence-electron chi connectivity index (χ2n) is 6.05. The molecule has 1 N–H and O–H groups in total. The lowest BCUT2D eigenvalue weighted by atomic mass is 10.1. The van der Waals surface area contributed by atoms with E-state index in [-0.39, 0.29) is 29.7 Å². The Morgan fingerprint density at radius 1 is 1.12 bits per heavy atom. The van der Waals surface area contributed by atoms with Crippen LogP contribution >= 0.6 is 0 Å². The van der Waals surface area contributed by atoms with Crippen molar-refractivity contribution in [3.8, 4) is 0 Å². The van der Waals surface area contributed by atoms with Gasteiger partial charge in [-0.3, -0.25) is 9.59 Å². The number of hydrogen-bond acceptors (Lipinski definition) is 4. The van der Waals surface area contributed by atoms with E-state index in [0.29, 0.717) is 16.9 Å². The van der Waals surface area contributed by atoms with Crippen molar-refractivity contribution in [2.75, 3.05) is 18.1 Å². The molecule has 0 bridgehead atoms. The molecule has 0 fully saturated rings. The molecule has 6 nitrogen and oxygen atoms in total. The van der Waals surface area contributed by atoms with Gasteiger partial charge in [0, 0.05) is 41.7 Å². The molecular weight excluding hydrogens is 352 g/mol. The van der Waals surface area contributed by atoms with Crippen LogP contribution < -0.4 is 5.32 Å². The molecule has 3 rings (SSSR count). The Morgan fingerprint density at radius 3 is 2.46 bits per heavy atom. The van der Waals surface area contributed by atoms with Crippen molar-refractivity contribution in [3.05, 3.63) is 66.2 Å². The van der Waals surface area contributed by atoms with E-state index in [4.69, 9.17) is 0 Å². The maximum Gasteiger partial charge on any atom is 0.258 e. The number of nitrogens with one attached hydrogen (secondary N) is 1. The van der Waals surface area contributed by atoms with Gasteiger partial charge in [-0.2, -0.15) is 0 Å². The lowest BCUT2D eigenvalue weighted by molar-refractivity contribution is -0.116. The Balaban J connectivity index is 1.64. The van der Waals surface area contributed by atoms with E-state index in [1.165, 1.54) is 17.0 Å². The smallest absolute Gasteiger partial charge is 0.258 e. The Labute approximate surface area is 152 Å². The van der Waals surface area contributed by atoms with E-state index in [1.54, 1.807) is 24.3 Å². The van der Waals surface area contributed by atoms with Gasteiger partial charge in [0.15, 0.2) is 9.84 Å². The fraction of sp³-hybridized carbons (Fsp3) is 0.158. The van der Waals surface area contributed by atoms with Gasteiger partial charge in [0.1, 0.15) is 0 Å². The monoisotopic (exact) mass is 370 g/mol. The Hall–Kier alpha value is -2.93. The lowest BCUT2D eigenvalue weighted by Gasteiger charge is -2.17.